The van der Waals surface area contributed by atoms with E-state index in [2.05, 4.69) is 18.7 Å². The lowest BCUT2D eigenvalue weighted by Crippen LogP contribution is -2.46. The Hall–Kier alpha value is -1.03. The predicted octanol–water partition coefficient (Wildman–Crippen LogP) is 0.485. The van der Waals surface area contributed by atoms with E-state index in [0.717, 1.165) is 0 Å². The molecule has 4 nitrogen and oxygen atoms in total. The van der Waals surface area contributed by atoms with Gasteiger partial charge in [-0.3, -0.25) is 4.79 Å². The molecule has 0 saturated carbocycles. The molecule has 0 aromatic heterocycles. The molecule has 0 radical (unpaired) electrons. The summed E-state index contributed by atoms with van der Waals surface area (Å²) in [5, 5.41) is 0. The van der Waals surface area contributed by atoms with Gasteiger partial charge in [-0.25, -0.2) is 0 Å². The summed E-state index contributed by atoms with van der Waals surface area (Å²) in [6.07, 6.45) is 1.83. The molecule has 2 atom stereocenters. The van der Waals surface area contributed by atoms with E-state index >= 15 is 0 Å². The van der Waals surface area contributed by atoms with Crippen LogP contribution in [0.2, 0.25) is 0 Å². The standard InChI is InChI=1S/C10H18N2O2/c1-7(10(11)13)4-12-8(2)5-14-6-9(12)3/h4,8-9H,5-6H2,1-3H3,(H2,11,13)/b7-4+. The summed E-state index contributed by atoms with van der Waals surface area (Å²) in [4.78, 5) is 13.0. The second kappa shape index (κ2) is 4.46. The number of morpholine rings is 1. The lowest BCUT2D eigenvalue weighted by molar-refractivity contribution is -0.114. The third kappa shape index (κ3) is 2.48. The first-order valence-corrected chi connectivity index (χ1v) is 4.85. The number of nitrogens with two attached hydrogens (primary N) is 1. The second-order valence-electron chi connectivity index (χ2n) is 3.86. The molecule has 0 bridgehead atoms. The normalized spacial score (nSPS) is 29.1. The Morgan fingerprint density at radius 2 is 1.93 bits per heavy atom. The fourth-order valence-electron chi connectivity index (χ4n) is 1.56. The Morgan fingerprint density at radius 3 is 2.36 bits per heavy atom. The minimum Gasteiger partial charge on any atom is -0.377 e. The van der Waals surface area contributed by atoms with E-state index in [9.17, 15) is 4.79 Å². The Labute approximate surface area is 84.7 Å². The summed E-state index contributed by atoms with van der Waals surface area (Å²) in [5.74, 6) is -0.365. The zero-order valence-corrected chi connectivity index (χ0v) is 8.99. The van der Waals surface area contributed by atoms with Crippen LogP contribution in [0.5, 0.6) is 0 Å². The molecule has 0 aromatic carbocycles. The summed E-state index contributed by atoms with van der Waals surface area (Å²) in [5.41, 5.74) is 5.77. The Morgan fingerprint density at radius 1 is 1.43 bits per heavy atom. The summed E-state index contributed by atoms with van der Waals surface area (Å²) in [6, 6.07) is 0.598. The molecule has 80 valence electrons. The molecule has 0 aliphatic carbocycles. The van der Waals surface area contributed by atoms with Gasteiger partial charge in [0, 0.05) is 23.9 Å². The van der Waals surface area contributed by atoms with Gasteiger partial charge >= 0.3 is 0 Å². The summed E-state index contributed by atoms with van der Waals surface area (Å²) in [6.45, 7) is 7.28. The highest BCUT2D eigenvalue weighted by molar-refractivity contribution is 5.91. The molecule has 4 heteroatoms. The van der Waals surface area contributed by atoms with Gasteiger partial charge in [0.05, 0.1) is 13.2 Å². The van der Waals surface area contributed by atoms with Crippen LogP contribution >= 0.6 is 0 Å². The van der Waals surface area contributed by atoms with Gasteiger partial charge < -0.3 is 15.4 Å². The third-order valence-corrected chi connectivity index (χ3v) is 2.47. The van der Waals surface area contributed by atoms with E-state index in [4.69, 9.17) is 10.5 Å². The van der Waals surface area contributed by atoms with Gasteiger partial charge in [0.2, 0.25) is 5.91 Å². The predicted molar refractivity (Wildman–Crippen MR) is 54.5 cm³/mol. The van der Waals surface area contributed by atoms with Crippen LogP contribution in [0.25, 0.3) is 0 Å². The molecule has 2 N–H and O–H groups in total. The zero-order valence-electron chi connectivity index (χ0n) is 8.99. The highest BCUT2D eigenvalue weighted by Crippen LogP contribution is 2.14. The van der Waals surface area contributed by atoms with Crippen molar-refractivity contribution in [3.05, 3.63) is 11.8 Å². The fourth-order valence-corrected chi connectivity index (χ4v) is 1.56. The van der Waals surface area contributed by atoms with Gasteiger partial charge in [-0.1, -0.05) is 0 Å². The topological polar surface area (TPSA) is 55.6 Å². The molecule has 0 aromatic rings. The van der Waals surface area contributed by atoms with Crippen molar-refractivity contribution in [2.45, 2.75) is 32.9 Å². The van der Waals surface area contributed by atoms with E-state index in [1.807, 2.05) is 6.20 Å². The smallest absolute Gasteiger partial charge is 0.245 e. The molecular formula is C10H18N2O2. The minimum absolute atomic E-state index is 0.299. The fraction of sp³-hybridized carbons (Fsp3) is 0.700. The SMILES string of the molecule is C/C(=C\N1C(C)COCC1C)C(N)=O. The maximum atomic E-state index is 10.9. The molecule has 1 saturated heterocycles. The molecule has 1 fully saturated rings. The first-order valence-electron chi connectivity index (χ1n) is 4.85. The molecule has 2 unspecified atom stereocenters. The largest absolute Gasteiger partial charge is 0.377 e. The van der Waals surface area contributed by atoms with Crippen molar-refractivity contribution in [3.63, 3.8) is 0 Å². The van der Waals surface area contributed by atoms with Crippen LogP contribution in [0.4, 0.5) is 0 Å². The number of carbonyl (C=O) groups excluding carboxylic acids is 1. The molecular weight excluding hydrogens is 180 g/mol. The van der Waals surface area contributed by atoms with Crippen LogP contribution < -0.4 is 5.73 Å². The van der Waals surface area contributed by atoms with Crippen molar-refractivity contribution >= 4 is 5.91 Å². The monoisotopic (exact) mass is 198 g/mol. The van der Waals surface area contributed by atoms with Crippen LogP contribution in [-0.2, 0) is 9.53 Å². The van der Waals surface area contributed by atoms with Crippen LogP contribution in [0.15, 0.2) is 11.8 Å². The second-order valence-corrected chi connectivity index (χ2v) is 3.86. The number of hydrogen-bond acceptors (Lipinski definition) is 3. The Bertz CT molecular complexity index is 241. The van der Waals surface area contributed by atoms with Crippen molar-refractivity contribution in [2.75, 3.05) is 13.2 Å². The first-order chi connectivity index (χ1) is 6.52. The number of amides is 1. The number of primary amides is 1. The van der Waals surface area contributed by atoms with Crippen LogP contribution in [0.3, 0.4) is 0 Å². The number of carbonyl (C=O) groups is 1. The average Bonchev–Trinajstić information content (AvgIpc) is 2.11. The van der Waals surface area contributed by atoms with Crippen molar-refractivity contribution in [1.29, 1.82) is 0 Å². The van der Waals surface area contributed by atoms with Crippen molar-refractivity contribution in [3.8, 4) is 0 Å². The van der Waals surface area contributed by atoms with Crippen molar-refractivity contribution in [2.24, 2.45) is 5.73 Å². The number of hydrogen-bond donors (Lipinski definition) is 1. The zero-order chi connectivity index (χ0) is 10.7. The van der Waals surface area contributed by atoms with E-state index in [0.29, 0.717) is 30.9 Å². The molecule has 1 heterocycles. The summed E-state index contributed by atoms with van der Waals surface area (Å²) >= 11 is 0. The van der Waals surface area contributed by atoms with Gasteiger partial charge in [0.1, 0.15) is 0 Å². The third-order valence-electron chi connectivity index (χ3n) is 2.47. The van der Waals surface area contributed by atoms with Crippen LogP contribution in [0, 0.1) is 0 Å². The highest BCUT2D eigenvalue weighted by atomic mass is 16.5. The molecule has 1 rings (SSSR count). The van der Waals surface area contributed by atoms with Crippen LogP contribution in [-0.4, -0.2) is 36.1 Å². The number of nitrogens with zero attached hydrogens (tertiary/aromatic N) is 1. The maximum absolute atomic E-state index is 10.9. The van der Waals surface area contributed by atoms with Gasteiger partial charge in [0.15, 0.2) is 0 Å². The quantitative estimate of drug-likeness (QED) is 0.657. The number of ether oxygens (including phenoxy) is 1. The van der Waals surface area contributed by atoms with E-state index in [-0.39, 0.29) is 5.91 Å². The number of rotatable bonds is 2. The minimum atomic E-state index is -0.365. The molecule has 14 heavy (non-hydrogen) atoms. The van der Waals surface area contributed by atoms with Gasteiger partial charge in [-0.05, 0) is 20.8 Å². The molecule has 1 aliphatic rings. The summed E-state index contributed by atoms with van der Waals surface area (Å²) in [7, 11) is 0. The van der Waals surface area contributed by atoms with E-state index < -0.39 is 0 Å². The first kappa shape index (κ1) is 11.0. The summed E-state index contributed by atoms with van der Waals surface area (Å²) < 4.78 is 5.38. The maximum Gasteiger partial charge on any atom is 0.245 e. The highest BCUT2D eigenvalue weighted by Gasteiger charge is 2.22. The van der Waals surface area contributed by atoms with Gasteiger partial charge in [-0.2, -0.15) is 0 Å². The van der Waals surface area contributed by atoms with E-state index in [1.165, 1.54) is 0 Å². The molecule has 1 aliphatic heterocycles. The lowest BCUT2D eigenvalue weighted by atomic mass is 10.1. The van der Waals surface area contributed by atoms with E-state index in [1.54, 1.807) is 6.92 Å². The molecule has 1 amide bonds. The van der Waals surface area contributed by atoms with Crippen LogP contribution in [0.1, 0.15) is 20.8 Å². The lowest BCUT2D eigenvalue weighted by Gasteiger charge is -2.38. The van der Waals surface area contributed by atoms with Gasteiger partial charge in [0.25, 0.3) is 0 Å². The Balaban J connectivity index is 2.73. The van der Waals surface area contributed by atoms with Crippen molar-refractivity contribution < 1.29 is 9.53 Å². The molecule has 0 spiro atoms. The van der Waals surface area contributed by atoms with Gasteiger partial charge in [-0.15, -0.1) is 0 Å². The van der Waals surface area contributed by atoms with Crippen molar-refractivity contribution in [1.82, 2.24) is 4.90 Å². The average molecular weight is 198 g/mol. The Kier molecular flexibility index (Phi) is 3.52.